The fourth-order valence-electron chi connectivity index (χ4n) is 2.33. The van der Waals surface area contributed by atoms with E-state index in [-0.39, 0.29) is 12.2 Å². The zero-order chi connectivity index (χ0) is 19.6. The smallest absolute Gasteiger partial charge is 0.266 e. The molecule has 1 amide bonds. The fourth-order valence-corrected chi connectivity index (χ4v) is 2.33. The third kappa shape index (κ3) is 5.39. The number of carbonyl (C=O) groups is 1. The third-order valence-electron chi connectivity index (χ3n) is 3.82. The number of nitrogens with zero attached hydrogens (tertiary/aromatic N) is 1. The SMILES string of the molecule is C#CCOc1cc(OC)ccc1/C=C(\C#N)C(=O)Nc1ccc(CC)cc1. The minimum Gasteiger partial charge on any atom is -0.497 e. The van der Waals surface area contributed by atoms with Gasteiger partial charge in [0.15, 0.2) is 0 Å². The lowest BCUT2D eigenvalue weighted by Gasteiger charge is -2.10. The van der Waals surface area contributed by atoms with Crippen LogP contribution in [0.2, 0.25) is 0 Å². The summed E-state index contributed by atoms with van der Waals surface area (Å²) < 4.78 is 10.7. The number of hydrogen-bond donors (Lipinski definition) is 1. The monoisotopic (exact) mass is 360 g/mol. The minimum absolute atomic E-state index is 0.0507. The molecular formula is C22H20N2O3. The van der Waals surface area contributed by atoms with Crippen LogP contribution >= 0.6 is 0 Å². The summed E-state index contributed by atoms with van der Waals surface area (Å²) in [7, 11) is 1.54. The van der Waals surface area contributed by atoms with Crippen LogP contribution in [-0.4, -0.2) is 19.6 Å². The van der Waals surface area contributed by atoms with Gasteiger partial charge in [0.2, 0.25) is 0 Å². The molecule has 0 radical (unpaired) electrons. The number of terminal acetylenes is 1. The van der Waals surface area contributed by atoms with E-state index < -0.39 is 5.91 Å². The molecule has 136 valence electrons. The Morgan fingerprint density at radius 2 is 2.00 bits per heavy atom. The lowest BCUT2D eigenvalue weighted by molar-refractivity contribution is -0.112. The molecule has 0 spiro atoms. The lowest BCUT2D eigenvalue weighted by atomic mass is 10.1. The maximum Gasteiger partial charge on any atom is 0.266 e. The van der Waals surface area contributed by atoms with Crippen molar-refractivity contribution in [1.29, 1.82) is 5.26 Å². The number of aryl methyl sites for hydroxylation is 1. The predicted octanol–water partition coefficient (Wildman–Crippen LogP) is 3.82. The van der Waals surface area contributed by atoms with Gasteiger partial charge >= 0.3 is 0 Å². The first-order valence-electron chi connectivity index (χ1n) is 8.37. The van der Waals surface area contributed by atoms with Crippen molar-refractivity contribution in [3.05, 3.63) is 59.2 Å². The molecule has 5 nitrogen and oxygen atoms in total. The molecule has 0 aliphatic heterocycles. The Balaban J connectivity index is 2.27. The van der Waals surface area contributed by atoms with Crippen LogP contribution < -0.4 is 14.8 Å². The van der Waals surface area contributed by atoms with Crippen molar-refractivity contribution in [1.82, 2.24) is 0 Å². The summed E-state index contributed by atoms with van der Waals surface area (Å²) in [6, 6.07) is 14.5. The van der Waals surface area contributed by atoms with Crippen LogP contribution in [0.25, 0.3) is 6.08 Å². The number of nitrogens with one attached hydrogen (secondary N) is 1. The molecule has 0 fully saturated rings. The van der Waals surface area contributed by atoms with E-state index in [1.54, 1.807) is 30.3 Å². The molecular weight excluding hydrogens is 340 g/mol. The van der Waals surface area contributed by atoms with Crippen LogP contribution in [0.4, 0.5) is 5.69 Å². The van der Waals surface area contributed by atoms with Crippen molar-refractivity contribution in [2.45, 2.75) is 13.3 Å². The first kappa shape index (κ1) is 19.6. The topological polar surface area (TPSA) is 71.3 Å². The number of nitriles is 1. The summed E-state index contributed by atoms with van der Waals surface area (Å²) in [6.07, 6.45) is 7.61. The molecule has 0 saturated heterocycles. The molecule has 0 bridgehead atoms. The number of carbonyl (C=O) groups excluding carboxylic acids is 1. The Kier molecular flexibility index (Phi) is 7.05. The van der Waals surface area contributed by atoms with Crippen molar-refractivity contribution >= 4 is 17.7 Å². The molecule has 0 aliphatic rings. The maximum atomic E-state index is 12.5. The van der Waals surface area contributed by atoms with Gasteiger partial charge in [-0.25, -0.2) is 0 Å². The van der Waals surface area contributed by atoms with Gasteiger partial charge in [-0.05, 0) is 42.3 Å². The summed E-state index contributed by atoms with van der Waals surface area (Å²) in [4.78, 5) is 12.5. The Labute approximate surface area is 159 Å². The van der Waals surface area contributed by atoms with Crippen molar-refractivity contribution in [2.75, 3.05) is 19.0 Å². The van der Waals surface area contributed by atoms with Crippen LogP contribution in [0.3, 0.4) is 0 Å². The van der Waals surface area contributed by atoms with E-state index in [9.17, 15) is 10.1 Å². The number of ether oxygens (including phenoxy) is 2. The summed E-state index contributed by atoms with van der Waals surface area (Å²) in [5.74, 6) is 2.90. The van der Waals surface area contributed by atoms with Gasteiger partial charge in [-0.1, -0.05) is 25.0 Å². The molecule has 0 heterocycles. The molecule has 0 saturated carbocycles. The van der Waals surface area contributed by atoms with E-state index in [1.807, 2.05) is 18.2 Å². The average molecular weight is 360 g/mol. The average Bonchev–Trinajstić information content (AvgIpc) is 2.71. The molecule has 0 unspecified atom stereocenters. The van der Waals surface area contributed by atoms with Gasteiger partial charge in [-0.15, -0.1) is 6.42 Å². The summed E-state index contributed by atoms with van der Waals surface area (Å²) in [6.45, 7) is 2.12. The van der Waals surface area contributed by atoms with Crippen LogP contribution in [0.5, 0.6) is 11.5 Å². The molecule has 5 heteroatoms. The van der Waals surface area contributed by atoms with Crippen molar-refractivity contribution in [2.24, 2.45) is 0 Å². The zero-order valence-corrected chi connectivity index (χ0v) is 15.3. The van der Waals surface area contributed by atoms with Gasteiger partial charge in [0.05, 0.1) is 7.11 Å². The van der Waals surface area contributed by atoms with Crippen molar-refractivity contribution in [3.63, 3.8) is 0 Å². The first-order chi connectivity index (χ1) is 13.1. The molecule has 27 heavy (non-hydrogen) atoms. The van der Waals surface area contributed by atoms with E-state index >= 15 is 0 Å². The molecule has 2 aromatic rings. The van der Waals surface area contributed by atoms with Gasteiger partial charge < -0.3 is 14.8 Å². The highest BCUT2D eigenvalue weighted by Gasteiger charge is 2.12. The predicted molar refractivity (Wildman–Crippen MR) is 105 cm³/mol. The molecule has 0 atom stereocenters. The highest BCUT2D eigenvalue weighted by molar-refractivity contribution is 6.09. The summed E-state index contributed by atoms with van der Waals surface area (Å²) in [5, 5.41) is 12.1. The standard InChI is InChI=1S/C22H20N2O3/c1-4-12-27-21-14-20(26-3)11-8-17(21)13-18(15-23)22(25)24-19-9-6-16(5-2)7-10-19/h1,6-11,13-14H,5,12H2,2-3H3,(H,24,25)/b18-13+. The fraction of sp³-hybridized carbons (Fsp3) is 0.182. The van der Waals surface area contributed by atoms with Crippen LogP contribution in [0, 0.1) is 23.7 Å². The summed E-state index contributed by atoms with van der Waals surface area (Å²) in [5.41, 5.74) is 2.29. The second kappa shape index (κ2) is 9.70. The van der Waals surface area contributed by atoms with Crippen molar-refractivity contribution in [3.8, 4) is 29.9 Å². The van der Waals surface area contributed by atoms with Gasteiger partial charge in [-0.3, -0.25) is 4.79 Å². The second-order valence-electron chi connectivity index (χ2n) is 5.57. The Morgan fingerprint density at radius 3 is 2.59 bits per heavy atom. The quantitative estimate of drug-likeness (QED) is 0.463. The Morgan fingerprint density at radius 1 is 1.26 bits per heavy atom. The van der Waals surface area contributed by atoms with Gasteiger partial charge in [-0.2, -0.15) is 5.26 Å². The number of methoxy groups -OCH3 is 1. The van der Waals surface area contributed by atoms with Crippen molar-refractivity contribution < 1.29 is 14.3 Å². The van der Waals surface area contributed by atoms with Gasteiger partial charge in [0, 0.05) is 17.3 Å². The van der Waals surface area contributed by atoms with E-state index in [0.29, 0.717) is 22.7 Å². The highest BCUT2D eigenvalue weighted by Crippen LogP contribution is 2.27. The van der Waals surface area contributed by atoms with E-state index in [0.717, 1.165) is 12.0 Å². The summed E-state index contributed by atoms with van der Waals surface area (Å²) >= 11 is 0. The molecule has 0 aromatic heterocycles. The second-order valence-corrected chi connectivity index (χ2v) is 5.57. The number of benzene rings is 2. The molecule has 2 rings (SSSR count). The van der Waals surface area contributed by atoms with E-state index in [1.165, 1.54) is 13.2 Å². The lowest BCUT2D eigenvalue weighted by Crippen LogP contribution is -2.13. The normalized spacial score (nSPS) is 10.4. The van der Waals surface area contributed by atoms with E-state index in [2.05, 4.69) is 18.2 Å². The zero-order valence-electron chi connectivity index (χ0n) is 15.3. The number of rotatable bonds is 7. The molecule has 0 aliphatic carbocycles. The number of amides is 1. The third-order valence-corrected chi connectivity index (χ3v) is 3.82. The van der Waals surface area contributed by atoms with Crippen LogP contribution in [-0.2, 0) is 11.2 Å². The number of hydrogen-bond acceptors (Lipinski definition) is 4. The molecule has 2 aromatic carbocycles. The van der Waals surface area contributed by atoms with Gasteiger partial charge in [0.25, 0.3) is 5.91 Å². The minimum atomic E-state index is -0.500. The highest BCUT2D eigenvalue weighted by atomic mass is 16.5. The molecule has 1 N–H and O–H groups in total. The largest absolute Gasteiger partial charge is 0.497 e. The van der Waals surface area contributed by atoms with Crippen LogP contribution in [0.15, 0.2) is 48.0 Å². The van der Waals surface area contributed by atoms with Crippen LogP contribution in [0.1, 0.15) is 18.1 Å². The Bertz CT molecular complexity index is 916. The number of anilines is 1. The Hall–Kier alpha value is -3.70. The van der Waals surface area contributed by atoms with Gasteiger partial charge in [0.1, 0.15) is 29.7 Å². The first-order valence-corrected chi connectivity index (χ1v) is 8.37. The maximum absolute atomic E-state index is 12.5. The van der Waals surface area contributed by atoms with E-state index in [4.69, 9.17) is 15.9 Å².